The number of likely N-dealkylation sites (N-methyl/N-ethyl adjacent to an activating group) is 1. The third-order valence-corrected chi connectivity index (χ3v) is 3.99. The van der Waals surface area contributed by atoms with Gasteiger partial charge in [0.25, 0.3) is 0 Å². The second-order valence-electron chi connectivity index (χ2n) is 4.60. The normalized spacial score (nSPS) is 22.4. The first kappa shape index (κ1) is 12.8. The van der Waals surface area contributed by atoms with E-state index in [0.717, 1.165) is 30.4 Å². The lowest BCUT2D eigenvalue weighted by Crippen LogP contribution is -2.33. The standard InChI is InChI=1S/C12H20N2O2S/c1-9(15)11-8-17-12(13-11)14(2)7-10-5-3-4-6-16-10/h8-10,15H,3-7H2,1-2H3. The van der Waals surface area contributed by atoms with Gasteiger partial charge in [-0.05, 0) is 26.2 Å². The van der Waals surface area contributed by atoms with E-state index in [-0.39, 0.29) is 0 Å². The molecule has 1 aromatic heterocycles. The van der Waals surface area contributed by atoms with E-state index in [1.54, 1.807) is 18.3 Å². The van der Waals surface area contributed by atoms with Gasteiger partial charge in [-0.25, -0.2) is 4.98 Å². The van der Waals surface area contributed by atoms with Crippen LogP contribution in [0.2, 0.25) is 0 Å². The Balaban J connectivity index is 1.91. The van der Waals surface area contributed by atoms with Crippen LogP contribution < -0.4 is 4.90 Å². The Morgan fingerprint density at radius 2 is 2.47 bits per heavy atom. The molecule has 0 aromatic carbocycles. The summed E-state index contributed by atoms with van der Waals surface area (Å²) in [5, 5.41) is 12.3. The van der Waals surface area contributed by atoms with Crippen molar-refractivity contribution in [1.29, 1.82) is 0 Å². The van der Waals surface area contributed by atoms with E-state index in [1.165, 1.54) is 12.8 Å². The summed E-state index contributed by atoms with van der Waals surface area (Å²) in [6.45, 7) is 3.51. The van der Waals surface area contributed by atoms with Crippen molar-refractivity contribution < 1.29 is 9.84 Å². The monoisotopic (exact) mass is 256 g/mol. The molecule has 2 heterocycles. The molecule has 1 aliphatic rings. The van der Waals surface area contributed by atoms with Crippen molar-refractivity contribution in [2.24, 2.45) is 0 Å². The molecule has 0 saturated carbocycles. The van der Waals surface area contributed by atoms with Gasteiger partial charge in [-0.2, -0.15) is 0 Å². The molecule has 2 rings (SSSR count). The average molecular weight is 256 g/mol. The average Bonchev–Trinajstić information content (AvgIpc) is 2.79. The molecule has 0 spiro atoms. The van der Waals surface area contributed by atoms with Gasteiger partial charge in [-0.1, -0.05) is 0 Å². The Kier molecular flexibility index (Phi) is 4.36. The lowest BCUT2D eigenvalue weighted by Gasteiger charge is -2.27. The predicted molar refractivity (Wildman–Crippen MR) is 69.6 cm³/mol. The highest BCUT2D eigenvalue weighted by atomic mass is 32.1. The van der Waals surface area contributed by atoms with E-state index in [0.29, 0.717) is 6.10 Å². The van der Waals surface area contributed by atoms with Crippen molar-refractivity contribution in [3.05, 3.63) is 11.1 Å². The maximum Gasteiger partial charge on any atom is 0.185 e. The molecule has 17 heavy (non-hydrogen) atoms. The molecule has 1 saturated heterocycles. The van der Waals surface area contributed by atoms with Crippen LogP contribution >= 0.6 is 11.3 Å². The van der Waals surface area contributed by atoms with E-state index in [2.05, 4.69) is 9.88 Å². The number of aromatic nitrogens is 1. The molecule has 4 nitrogen and oxygen atoms in total. The Hall–Kier alpha value is -0.650. The fraction of sp³-hybridized carbons (Fsp3) is 0.750. The fourth-order valence-electron chi connectivity index (χ4n) is 1.98. The van der Waals surface area contributed by atoms with Crippen molar-refractivity contribution in [2.75, 3.05) is 25.1 Å². The summed E-state index contributed by atoms with van der Waals surface area (Å²) in [5.74, 6) is 0. The first-order valence-corrected chi connectivity index (χ1v) is 7.01. The number of nitrogens with zero attached hydrogens (tertiary/aromatic N) is 2. The van der Waals surface area contributed by atoms with Gasteiger partial charge in [0.2, 0.25) is 0 Å². The number of hydrogen-bond donors (Lipinski definition) is 1. The fourth-order valence-corrected chi connectivity index (χ4v) is 2.87. The number of hydrogen-bond acceptors (Lipinski definition) is 5. The lowest BCUT2D eigenvalue weighted by molar-refractivity contribution is 0.0216. The Morgan fingerprint density at radius 1 is 1.65 bits per heavy atom. The van der Waals surface area contributed by atoms with E-state index >= 15 is 0 Å². The molecular weight excluding hydrogens is 236 g/mol. The molecule has 2 unspecified atom stereocenters. The van der Waals surface area contributed by atoms with Crippen LogP contribution in [-0.2, 0) is 4.74 Å². The van der Waals surface area contributed by atoms with Crippen molar-refractivity contribution in [2.45, 2.75) is 38.4 Å². The highest BCUT2D eigenvalue weighted by molar-refractivity contribution is 7.13. The Labute approximate surface area is 106 Å². The van der Waals surface area contributed by atoms with Crippen LogP contribution in [0.3, 0.4) is 0 Å². The van der Waals surface area contributed by atoms with Crippen molar-refractivity contribution >= 4 is 16.5 Å². The molecule has 0 amide bonds. The largest absolute Gasteiger partial charge is 0.387 e. The number of anilines is 1. The minimum Gasteiger partial charge on any atom is -0.387 e. The van der Waals surface area contributed by atoms with Gasteiger partial charge in [0, 0.05) is 25.6 Å². The summed E-state index contributed by atoms with van der Waals surface area (Å²) in [6, 6.07) is 0. The van der Waals surface area contributed by atoms with E-state index in [9.17, 15) is 5.11 Å². The summed E-state index contributed by atoms with van der Waals surface area (Å²) < 4.78 is 5.71. The molecular formula is C12H20N2O2S. The summed E-state index contributed by atoms with van der Waals surface area (Å²) in [4.78, 5) is 6.53. The molecule has 1 fully saturated rings. The van der Waals surface area contributed by atoms with Gasteiger partial charge < -0.3 is 14.7 Å². The van der Waals surface area contributed by atoms with Crippen LogP contribution in [0.5, 0.6) is 0 Å². The summed E-state index contributed by atoms with van der Waals surface area (Å²) in [7, 11) is 2.03. The number of aliphatic hydroxyl groups is 1. The van der Waals surface area contributed by atoms with E-state index in [1.807, 2.05) is 12.4 Å². The molecule has 1 N–H and O–H groups in total. The zero-order valence-electron chi connectivity index (χ0n) is 10.4. The molecule has 0 bridgehead atoms. The molecule has 5 heteroatoms. The lowest BCUT2D eigenvalue weighted by atomic mass is 10.1. The first-order valence-electron chi connectivity index (χ1n) is 6.13. The van der Waals surface area contributed by atoms with E-state index in [4.69, 9.17) is 4.74 Å². The SMILES string of the molecule is CC(O)c1csc(N(C)CC2CCCCO2)n1. The predicted octanol–water partition coefficient (Wildman–Crippen LogP) is 2.20. The first-order chi connectivity index (χ1) is 8.16. The topological polar surface area (TPSA) is 45.6 Å². The quantitative estimate of drug-likeness (QED) is 0.897. The molecule has 96 valence electrons. The van der Waals surface area contributed by atoms with Crippen molar-refractivity contribution in [3.63, 3.8) is 0 Å². The molecule has 0 radical (unpaired) electrons. The highest BCUT2D eigenvalue weighted by Gasteiger charge is 2.18. The summed E-state index contributed by atoms with van der Waals surface area (Å²) >= 11 is 1.57. The van der Waals surface area contributed by atoms with Crippen molar-refractivity contribution in [3.8, 4) is 0 Å². The van der Waals surface area contributed by atoms with Crippen LogP contribution in [0.15, 0.2) is 5.38 Å². The second kappa shape index (κ2) is 5.80. The smallest absolute Gasteiger partial charge is 0.185 e. The van der Waals surface area contributed by atoms with Crippen LogP contribution in [0.1, 0.15) is 38.0 Å². The van der Waals surface area contributed by atoms with E-state index < -0.39 is 6.10 Å². The highest BCUT2D eigenvalue weighted by Crippen LogP contribution is 2.24. The van der Waals surface area contributed by atoms with Crippen LogP contribution in [0.4, 0.5) is 5.13 Å². The molecule has 0 aliphatic carbocycles. The van der Waals surface area contributed by atoms with Gasteiger partial charge in [-0.3, -0.25) is 0 Å². The molecule has 1 aromatic rings. The van der Waals surface area contributed by atoms with Gasteiger partial charge >= 0.3 is 0 Å². The maximum atomic E-state index is 9.44. The van der Waals surface area contributed by atoms with Crippen LogP contribution in [0, 0.1) is 0 Å². The van der Waals surface area contributed by atoms with Gasteiger partial charge in [0.15, 0.2) is 5.13 Å². The Bertz CT molecular complexity index is 348. The van der Waals surface area contributed by atoms with Crippen molar-refractivity contribution in [1.82, 2.24) is 4.98 Å². The molecule has 2 atom stereocenters. The number of aliphatic hydroxyl groups excluding tert-OH is 1. The zero-order chi connectivity index (χ0) is 12.3. The summed E-state index contributed by atoms with van der Waals surface area (Å²) in [5.41, 5.74) is 0.751. The number of ether oxygens (including phenoxy) is 1. The van der Waals surface area contributed by atoms with Gasteiger partial charge in [0.1, 0.15) is 0 Å². The number of rotatable bonds is 4. The third kappa shape index (κ3) is 3.40. The third-order valence-electron chi connectivity index (χ3n) is 3.02. The zero-order valence-corrected chi connectivity index (χ0v) is 11.2. The van der Waals surface area contributed by atoms with Gasteiger partial charge in [-0.15, -0.1) is 11.3 Å². The van der Waals surface area contributed by atoms with Gasteiger partial charge in [0.05, 0.1) is 17.9 Å². The van der Waals surface area contributed by atoms with Crippen LogP contribution in [-0.4, -0.2) is 36.4 Å². The number of thiazole rings is 1. The minimum atomic E-state index is -0.487. The maximum absolute atomic E-state index is 9.44. The minimum absolute atomic E-state index is 0.327. The summed E-state index contributed by atoms with van der Waals surface area (Å²) in [6.07, 6.45) is 3.42. The van der Waals surface area contributed by atoms with Crippen LogP contribution in [0.25, 0.3) is 0 Å². The molecule has 1 aliphatic heterocycles. The Morgan fingerprint density at radius 3 is 3.06 bits per heavy atom. The second-order valence-corrected chi connectivity index (χ2v) is 5.44.